The predicted octanol–water partition coefficient (Wildman–Crippen LogP) is 3.83. The molecule has 0 fully saturated rings. The van der Waals surface area contributed by atoms with Gasteiger partial charge in [-0.05, 0) is 24.3 Å². The van der Waals surface area contributed by atoms with E-state index in [9.17, 15) is 8.78 Å². The van der Waals surface area contributed by atoms with Crippen molar-refractivity contribution >= 4 is 11.7 Å². The van der Waals surface area contributed by atoms with Crippen LogP contribution in [0.3, 0.4) is 0 Å². The zero-order valence-electron chi connectivity index (χ0n) is 10.1. The number of benzene rings is 2. The lowest BCUT2D eigenvalue weighted by Crippen LogP contribution is -1.96. The number of halogens is 2. The summed E-state index contributed by atoms with van der Waals surface area (Å²) in [4.78, 5) is 4.14. The average molecular weight is 288 g/mol. The standard InChI is InChI=1S/C14H8F2N3S/c15-11-7-3-1-5-9(11)13-17-14(19-20-18-13)10-6-2-4-8-12(10)16/h1-8H/q+1. The molecule has 0 spiro atoms. The molecule has 3 rings (SSSR count). The van der Waals surface area contributed by atoms with Gasteiger partial charge in [0, 0.05) is 0 Å². The molecule has 0 amide bonds. The lowest BCUT2D eigenvalue weighted by atomic mass is 10.2. The van der Waals surface area contributed by atoms with E-state index in [0.717, 1.165) is 11.7 Å². The van der Waals surface area contributed by atoms with Crippen LogP contribution in [-0.4, -0.2) is 13.7 Å². The third-order valence-corrected chi connectivity index (χ3v) is 3.21. The number of nitrogens with zero attached hydrogens (tertiary/aromatic N) is 3. The van der Waals surface area contributed by atoms with E-state index < -0.39 is 11.6 Å². The van der Waals surface area contributed by atoms with E-state index in [2.05, 4.69) is 13.7 Å². The summed E-state index contributed by atoms with van der Waals surface area (Å²) in [6.07, 6.45) is 0. The van der Waals surface area contributed by atoms with Gasteiger partial charge in [0.15, 0.2) is 0 Å². The fraction of sp³-hybridized carbons (Fsp3) is 0. The Morgan fingerprint density at radius 2 is 1.15 bits per heavy atom. The Hall–Kier alpha value is -2.34. The number of rotatable bonds is 2. The number of hydrogen-bond acceptors (Lipinski definition) is 3. The van der Waals surface area contributed by atoms with E-state index in [-0.39, 0.29) is 22.8 Å². The van der Waals surface area contributed by atoms with Crippen molar-refractivity contribution in [3.05, 3.63) is 60.2 Å². The molecule has 0 aliphatic rings. The van der Waals surface area contributed by atoms with E-state index in [0.29, 0.717) is 0 Å². The minimum Gasteiger partial charge on any atom is -0.206 e. The smallest absolute Gasteiger partial charge is 0.206 e. The van der Waals surface area contributed by atoms with Gasteiger partial charge in [-0.3, -0.25) is 0 Å². The van der Waals surface area contributed by atoms with Crippen LogP contribution in [0.4, 0.5) is 8.78 Å². The zero-order valence-corrected chi connectivity index (χ0v) is 10.9. The van der Waals surface area contributed by atoms with Gasteiger partial charge in [0.25, 0.3) is 0 Å². The highest BCUT2D eigenvalue weighted by atomic mass is 32.1. The summed E-state index contributed by atoms with van der Waals surface area (Å²) in [6, 6.07) is 12.3. The fourth-order valence-electron chi connectivity index (χ4n) is 1.74. The second kappa shape index (κ2) is 5.34. The van der Waals surface area contributed by atoms with E-state index in [1.54, 1.807) is 36.4 Å². The van der Waals surface area contributed by atoms with Gasteiger partial charge in [-0.25, -0.2) is 8.78 Å². The van der Waals surface area contributed by atoms with Crippen molar-refractivity contribution in [1.82, 2.24) is 13.7 Å². The Morgan fingerprint density at radius 3 is 1.60 bits per heavy atom. The highest BCUT2D eigenvalue weighted by molar-refractivity contribution is 6.99. The van der Waals surface area contributed by atoms with Gasteiger partial charge in [0.2, 0.25) is 11.6 Å². The normalized spacial score (nSPS) is 10.5. The minimum atomic E-state index is -0.426. The SMILES string of the molecule is Fc1ccccc1-c1n[s+]nc(-c2ccccc2F)n1. The molecule has 0 atom stereocenters. The molecule has 0 unspecified atom stereocenters. The molecule has 0 bridgehead atoms. The Morgan fingerprint density at radius 1 is 0.700 bits per heavy atom. The first-order valence-electron chi connectivity index (χ1n) is 5.79. The van der Waals surface area contributed by atoms with Gasteiger partial charge in [-0.15, -0.1) is 0 Å². The maximum atomic E-state index is 13.7. The average Bonchev–Trinajstić information content (AvgIpc) is 2.48. The van der Waals surface area contributed by atoms with E-state index in [1.165, 1.54) is 12.1 Å². The zero-order chi connectivity index (χ0) is 13.9. The third-order valence-electron chi connectivity index (χ3n) is 2.70. The minimum absolute atomic E-state index is 0.196. The predicted molar refractivity (Wildman–Crippen MR) is 72.9 cm³/mol. The molecular weight excluding hydrogens is 280 g/mol. The molecule has 6 heteroatoms. The number of aromatic nitrogens is 3. The van der Waals surface area contributed by atoms with Crippen molar-refractivity contribution in [2.24, 2.45) is 0 Å². The molecule has 0 radical (unpaired) electrons. The van der Waals surface area contributed by atoms with E-state index >= 15 is 0 Å². The third kappa shape index (κ3) is 2.37. The first kappa shape index (κ1) is 12.7. The summed E-state index contributed by atoms with van der Waals surface area (Å²) in [6.45, 7) is 0. The Labute approximate surface area is 117 Å². The number of hydrogen-bond donors (Lipinski definition) is 0. The second-order valence-corrected chi connectivity index (χ2v) is 4.51. The van der Waals surface area contributed by atoms with Gasteiger partial charge in [0.05, 0.1) is 19.9 Å². The summed E-state index contributed by atoms with van der Waals surface area (Å²) < 4.78 is 35.4. The lowest BCUT2D eigenvalue weighted by molar-refractivity contribution is 0.629. The monoisotopic (exact) mass is 288 g/mol. The molecule has 0 aliphatic carbocycles. The molecule has 3 nitrogen and oxygen atoms in total. The van der Waals surface area contributed by atoms with Crippen LogP contribution in [-0.2, 0) is 0 Å². The van der Waals surface area contributed by atoms with Crippen LogP contribution in [0.25, 0.3) is 22.8 Å². The Kier molecular flexibility index (Phi) is 3.39. The van der Waals surface area contributed by atoms with Gasteiger partial charge in [-0.2, -0.15) is 4.98 Å². The maximum Gasteiger partial charge on any atom is 0.511 e. The Balaban J connectivity index is 2.12. The highest BCUT2D eigenvalue weighted by Gasteiger charge is 2.18. The molecular formula is C14H8F2N3S+. The van der Waals surface area contributed by atoms with Crippen LogP contribution in [0.1, 0.15) is 0 Å². The van der Waals surface area contributed by atoms with Crippen molar-refractivity contribution in [2.45, 2.75) is 0 Å². The molecule has 98 valence electrons. The molecule has 0 aliphatic heterocycles. The molecule has 20 heavy (non-hydrogen) atoms. The van der Waals surface area contributed by atoms with Crippen LogP contribution in [0.15, 0.2) is 48.5 Å². The topological polar surface area (TPSA) is 38.7 Å². The molecule has 0 saturated carbocycles. The second-order valence-electron chi connectivity index (χ2n) is 3.98. The van der Waals surface area contributed by atoms with Gasteiger partial charge < -0.3 is 0 Å². The quantitative estimate of drug-likeness (QED) is 0.673. The van der Waals surface area contributed by atoms with Crippen LogP contribution in [0.2, 0.25) is 0 Å². The molecule has 1 heterocycles. The van der Waals surface area contributed by atoms with Crippen molar-refractivity contribution < 1.29 is 8.78 Å². The van der Waals surface area contributed by atoms with E-state index in [1.807, 2.05) is 0 Å². The van der Waals surface area contributed by atoms with Gasteiger partial charge >= 0.3 is 11.7 Å². The lowest BCUT2D eigenvalue weighted by Gasteiger charge is -1.99. The summed E-state index contributed by atoms with van der Waals surface area (Å²) in [5, 5.41) is 0. The fourth-order valence-corrected chi connectivity index (χ4v) is 2.22. The largest absolute Gasteiger partial charge is 0.511 e. The van der Waals surface area contributed by atoms with Crippen LogP contribution in [0.5, 0.6) is 0 Å². The molecule has 1 aromatic heterocycles. The molecule has 2 aromatic carbocycles. The van der Waals surface area contributed by atoms with Crippen LogP contribution in [0, 0.1) is 11.6 Å². The van der Waals surface area contributed by atoms with Crippen LogP contribution >= 0.6 is 11.7 Å². The Bertz CT molecular complexity index is 704. The summed E-state index contributed by atoms with van der Waals surface area (Å²) in [5.41, 5.74) is 0.535. The van der Waals surface area contributed by atoms with Crippen LogP contribution < -0.4 is 0 Å². The molecule has 0 saturated heterocycles. The molecule has 0 N–H and O–H groups in total. The maximum absolute atomic E-state index is 13.7. The van der Waals surface area contributed by atoms with Gasteiger partial charge in [-0.1, -0.05) is 24.3 Å². The van der Waals surface area contributed by atoms with Crippen molar-refractivity contribution in [2.75, 3.05) is 0 Å². The first-order chi connectivity index (χ1) is 9.75. The van der Waals surface area contributed by atoms with Crippen molar-refractivity contribution in [3.63, 3.8) is 0 Å². The molecule has 3 aromatic rings. The first-order valence-corrected chi connectivity index (χ1v) is 6.52. The van der Waals surface area contributed by atoms with Gasteiger partial charge in [0.1, 0.15) is 11.6 Å². The van der Waals surface area contributed by atoms with E-state index in [4.69, 9.17) is 0 Å². The highest BCUT2D eigenvalue weighted by Crippen LogP contribution is 2.23. The summed E-state index contributed by atoms with van der Waals surface area (Å²) >= 11 is 0.867. The summed E-state index contributed by atoms with van der Waals surface area (Å²) in [7, 11) is 0. The van der Waals surface area contributed by atoms with Crippen molar-refractivity contribution in [1.29, 1.82) is 0 Å². The summed E-state index contributed by atoms with van der Waals surface area (Å²) in [5.74, 6) is -0.460. The van der Waals surface area contributed by atoms with Crippen molar-refractivity contribution in [3.8, 4) is 22.8 Å².